The van der Waals surface area contributed by atoms with Gasteiger partial charge in [-0.25, -0.2) is 15.0 Å². The molecule has 0 spiro atoms. The second-order valence-electron chi connectivity index (χ2n) is 9.54. The third kappa shape index (κ3) is 7.22. The molecule has 0 unspecified atom stereocenters. The van der Waals surface area contributed by atoms with Crippen LogP contribution in [0.5, 0.6) is 0 Å². The van der Waals surface area contributed by atoms with Gasteiger partial charge in [-0.05, 0) is 57.4 Å². The summed E-state index contributed by atoms with van der Waals surface area (Å²) in [5.41, 5.74) is 10.2. The maximum atomic E-state index is 5.70. The molecule has 2 aliphatic heterocycles. The predicted octanol–water partition coefficient (Wildman–Crippen LogP) is 3.21. The molecule has 0 aromatic carbocycles. The summed E-state index contributed by atoms with van der Waals surface area (Å²) in [4.78, 5) is 20.8. The molecule has 2 aliphatic rings. The molecular formula is C26H39N7O. The first-order valence-corrected chi connectivity index (χ1v) is 12.6. The molecule has 0 amide bonds. The Morgan fingerprint density at radius 2 is 1.68 bits per heavy atom. The van der Waals surface area contributed by atoms with Crippen LogP contribution < -0.4 is 10.6 Å². The van der Waals surface area contributed by atoms with Crippen molar-refractivity contribution < 1.29 is 4.74 Å². The molecule has 0 aliphatic carbocycles. The maximum Gasteiger partial charge on any atom is 0.219 e. The van der Waals surface area contributed by atoms with E-state index in [2.05, 4.69) is 56.7 Å². The summed E-state index contributed by atoms with van der Waals surface area (Å²) in [6.45, 7) is 14.2. The van der Waals surface area contributed by atoms with Gasteiger partial charge in [0.2, 0.25) is 5.95 Å². The molecule has 184 valence electrons. The van der Waals surface area contributed by atoms with E-state index in [1.165, 1.54) is 36.9 Å². The molecule has 4 heterocycles. The maximum absolute atomic E-state index is 5.70. The number of aromatic nitrogens is 3. The van der Waals surface area contributed by atoms with Crippen molar-refractivity contribution in [3.05, 3.63) is 41.7 Å². The van der Waals surface area contributed by atoms with E-state index < -0.39 is 0 Å². The zero-order chi connectivity index (χ0) is 23.8. The lowest BCUT2D eigenvalue weighted by molar-refractivity contribution is 0.122. The number of nitrogens with two attached hydrogens (primary N) is 1. The molecule has 0 atom stereocenters. The zero-order valence-electron chi connectivity index (χ0n) is 20.7. The average molecular weight is 466 g/mol. The Kier molecular flexibility index (Phi) is 8.85. The fourth-order valence-corrected chi connectivity index (χ4v) is 4.53. The molecule has 0 saturated carbocycles. The van der Waals surface area contributed by atoms with Crippen molar-refractivity contribution in [2.45, 2.75) is 39.7 Å². The van der Waals surface area contributed by atoms with Crippen LogP contribution in [0.2, 0.25) is 0 Å². The van der Waals surface area contributed by atoms with E-state index >= 15 is 0 Å². The Balaban J connectivity index is 1.38. The zero-order valence-corrected chi connectivity index (χ0v) is 20.7. The SMILES string of the molecule is CC(C)=CCCCCN1CCN(Cc2cc(-c3cnc(N)nc3)nc(N3CCOCC3)c2)CC1. The molecule has 34 heavy (non-hydrogen) atoms. The van der Waals surface area contributed by atoms with E-state index in [1.54, 1.807) is 12.4 Å². The lowest BCUT2D eigenvalue weighted by atomic mass is 10.1. The lowest BCUT2D eigenvalue weighted by Gasteiger charge is -2.35. The molecule has 2 N–H and O–H groups in total. The monoisotopic (exact) mass is 465 g/mol. The van der Waals surface area contributed by atoms with Crippen LogP contribution in [0.1, 0.15) is 38.7 Å². The Hall–Kier alpha value is -2.55. The summed E-state index contributed by atoms with van der Waals surface area (Å²) >= 11 is 0. The van der Waals surface area contributed by atoms with E-state index in [9.17, 15) is 0 Å². The first-order valence-electron chi connectivity index (χ1n) is 12.6. The first-order chi connectivity index (χ1) is 16.6. The van der Waals surface area contributed by atoms with Gasteiger partial charge in [-0.2, -0.15) is 0 Å². The van der Waals surface area contributed by atoms with Crippen LogP contribution in [0, 0.1) is 0 Å². The molecule has 0 radical (unpaired) electrons. The van der Waals surface area contributed by atoms with Crippen molar-refractivity contribution in [2.75, 3.05) is 69.7 Å². The van der Waals surface area contributed by atoms with E-state index in [4.69, 9.17) is 15.5 Å². The third-order valence-corrected chi connectivity index (χ3v) is 6.53. The summed E-state index contributed by atoms with van der Waals surface area (Å²) in [5, 5.41) is 0. The number of anilines is 2. The van der Waals surface area contributed by atoms with Gasteiger partial charge in [0.15, 0.2) is 0 Å². The van der Waals surface area contributed by atoms with Crippen LogP contribution >= 0.6 is 0 Å². The summed E-state index contributed by atoms with van der Waals surface area (Å²) in [7, 11) is 0. The second kappa shape index (κ2) is 12.2. The second-order valence-corrected chi connectivity index (χ2v) is 9.54. The van der Waals surface area contributed by atoms with Gasteiger partial charge in [0.1, 0.15) is 5.82 Å². The molecule has 0 bridgehead atoms. The number of piperazine rings is 1. The minimum atomic E-state index is 0.281. The lowest BCUT2D eigenvalue weighted by Crippen LogP contribution is -2.46. The molecular weight excluding hydrogens is 426 g/mol. The number of nitrogen functional groups attached to an aromatic ring is 1. The normalized spacial score (nSPS) is 17.6. The van der Waals surface area contributed by atoms with Crippen molar-refractivity contribution >= 4 is 11.8 Å². The highest BCUT2D eigenvalue weighted by Crippen LogP contribution is 2.24. The molecule has 4 rings (SSSR count). The van der Waals surface area contributed by atoms with Crippen LogP contribution in [0.4, 0.5) is 11.8 Å². The van der Waals surface area contributed by atoms with Crippen molar-refractivity contribution in [3.63, 3.8) is 0 Å². The van der Waals surface area contributed by atoms with E-state index in [-0.39, 0.29) is 5.95 Å². The van der Waals surface area contributed by atoms with Crippen LogP contribution in [-0.2, 0) is 11.3 Å². The number of pyridine rings is 1. The van der Waals surface area contributed by atoms with Gasteiger partial charge < -0.3 is 20.3 Å². The number of nitrogens with zero attached hydrogens (tertiary/aromatic N) is 6. The van der Waals surface area contributed by atoms with Gasteiger partial charge in [-0.1, -0.05) is 11.6 Å². The van der Waals surface area contributed by atoms with Gasteiger partial charge >= 0.3 is 0 Å². The molecule has 2 aromatic rings. The number of ether oxygens (including phenoxy) is 1. The molecule has 2 aromatic heterocycles. The number of morpholine rings is 1. The Bertz CT molecular complexity index is 929. The Labute approximate surface area is 203 Å². The minimum absolute atomic E-state index is 0.281. The summed E-state index contributed by atoms with van der Waals surface area (Å²) in [6, 6.07) is 4.41. The Morgan fingerprint density at radius 1 is 0.971 bits per heavy atom. The molecule has 2 saturated heterocycles. The fourth-order valence-electron chi connectivity index (χ4n) is 4.53. The smallest absolute Gasteiger partial charge is 0.219 e. The average Bonchev–Trinajstić information content (AvgIpc) is 2.85. The van der Waals surface area contributed by atoms with Crippen molar-refractivity contribution in [1.82, 2.24) is 24.8 Å². The van der Waals surface area contributed by atoms with Crippen LogP contribution in [0.3, 0.4) is 0 Å². The van der Waals surface area contributed by atoms with E-state index in [0.29, 0.717) is 0 Å². The van der Waals surface area contributed by atoms with Crippen LogP contribution in [0.15, 0.2) is 36.2 Å². The number of hydrogen-bond acceptors (Lipinski definition) is 8. The van der Waals surface area contributed by atoms with Crippen LogP contribution in [-0.4, -0.2) is 83.8 Å². The number of hydrogen-bond donors (Lipinski definition) is 1. The molecule has 8 nitrogen and oxygen atoms in total. The van der Waals surface area contributed by atoms with Gasteiger partial charge in [-0.3, -0.25) is 4.90 Å². The topological polar surface area (TPSA) is 83.6 Å². The van der Waals surface area contributed by atoms with E-state index in [0.717, 1.165) is 76.1 Å². The number of allylic oxidation sites excluding steroid dienone is 2. The van der Waals surface area contributed by atoms with E-state index in [1.807, 2.05) is 0 Å². The largest absolute Gasteiger partial charge is 0.378 e. The summed E-state index contributed by atoms with van der Waals surface area (Å²) in [5.74, 6) is 1.28. The summed E-state index contributed by atoms with van der Waals surface area (Å²) < 4.78 is 5.54. The highest BCUT2D eigenvalue weighted by atomic mass is 16.5. The fraction of sp³-hybridized carbons (Fsp3) is 0.577. The standard InChI is InChI=1S/C26H39N7O/c1-21(2)6-4-3-5-7-31-8-10-32(11-9-31)20-22-16-24(23-18-28-26(27)29-19-23)30-25(17-22)33-12-14-34-15-13-33/h6,16-19H,3-5,7-15,20H2,1-2H3,(H2,27,28,29). The van der Waals surface area contributed by atoms with Gasteiger partial charge in [0, 0.05) is 63.8 Å². The quantitative estimate of drug-likeness (QED) is 0.446. The van der Waals surface area contributed by atoms with Gasteiger partial charge in [0.05, 0.1) is 18.9 Å². The molecule has 8 heteroatoms. The first kappa shape index (κ1) is 24.6. The third-order valence-electron chi connectivity index (χ3n) is 6.53. The predicted molar refractivity (Wildman–Crippen MR) is 138 cm³/mol. The van der Waals surface area contributed by atoms with Crippen molar-refractivity contribution in [1.29, 1.82) is 0 Å². The van der Waals surface area contributed by atoms with Crippen LogP contribution in [0.25, 0.3) is 11.3 Å². The van der Waals surface area contributed by atoms with Gasteiger partial charge in [-0.15, -0.1) is 0 Å². The number of unbranched alkanes of at least 4 members (excludes halogenated alkanes) is 2. The number of rotatable bonds is 9. The molecule has 2 fully saturated rings. The Morgan fingerprint density at radius 3 is 2.38 bits per heavy atom. The summed E-state index contributed by atoms with van der Waals surface area (Å²) in [6.07, 6.45) is 9.63. The van der Waals surface area contributed by atoms with Crippen molar-refractivity contribution in [3.8, 4) is 11.3 Å². The highest BCUT2D eigenvalue weighted by molar-refractivity contribution is 5.62. The van der Waals surface area contributed by atoms with Crippen molar-refractivity contribution in [2.24, 2.45) is 0 Å². The van der Waals surface area contributed by atoms with Gasteiger partial charge in [0.25, 0.3) is 0 Å². The minimum Gasteiger partial charge on any atom is -0.378 e. The highest BCUT2D eigenvalue weighted by Gasteiger charge is 2.19.